The van der Waals surface area contributed by atoms with Gasteiger partial charge < -0.3 is 0 Å². The zero-order chi connectivity index (χ0) is 18.8. The Bertz CT molecular complexity index is 783. The molecule has 3 saturated carbocycles. The van der Waals surface area contributed by atoms with Crippen molar-refractivity contribution in [1.82, 2.24) is 4.98 Å². The highest BCUT2D eigenvalue weighted by Gasteiger charge is 2.59. The fourth-order valence-electron chi connectivity index (χ4n) is 8.06. The molecule has 0 aliphatic heterocycles. The van der Waals surface area contributed by atoms with E-state index in [1.165, 1.54) is 37.7 Å². The smallest absolute Gasteiger partial charge is 0.136 e. The van der Waals surface area contributed by atoms with Gasteiger partial charge in [0.25, 0.3) is 0 Å². The fourth-order valence-corrected chi connectivity index (χ4v) is 8.06. The number of hydrogen-bond acceptors (Lipinski definition) is 2. The van der Waals surface area contributed by atoms with Crippen LogP contribution in [0.3, 0.4) is 0 Å². The Labute approximate surface area is 163 Å². The molecule has 1 aromatic heterocycles. The summed E-state index contributed by atoms with van der Waals surface area (Å²) in [7, 11) is 0. The second kappa shape index (κ2) is 6.03. The highest BCUT2D eigenvalue weighted by atomic mass is 16.1. The molecular formula is C25H33NO. The van der Waals surface area contributed by atoms with Gasteiger partial charge in [0.15, 0.2) is 0 Å². The van der Waals surface area contributed by atoms with Crippen LogP contribution in [0, 0.1) is 40.4 Å². The Hall–Kier alpha value is -1.44. The van der Waals surface area contributed by atoms with E-state index in [4.69, 9.17) is 0 Å². The van der Waals surface area contributed by atoms with Crippen LogP contribution in [0.5, 0.6) is 0 Å². The lowest BCUT2D eigenvalue weighted by molar-refractivity contribution is -0.146. The SMILES string of the molecule is CC1C(=O)CCC2(C)C1CCC1C3CC=C(c4cccnc4)C3(C)CCC12. The number of rotatable bonds is 1. The van der Waals surface area contributed by atoms with Gasteiger partial charge in [-0.3, -0.25) is 9.78 Å². The molecule has 7 unspecified atom stereocenters. The molecule has 0 bridgehead atoms. The first-order valence-electron chi connectivity index (χ1n) is 11.1. The first-order valence-corrected chi connectivity index (χ1v) is 11.1. The van der Waals surface area contributed by atoms with Crippen molar-refractivity contribution in [3.05, 3.63) is 36.2 Å². The van der Waals surface area contributed by atoms with Gasteiger partial charge in [-0.25, -0.2) is 0 Å². The predicted octanol–water partition coefficient (Wildman–Crippen LogP) is 5.93. The Balaban J connectivity index is 1.46. The van der Waals surface area contributed by atoms with Crippen molar-refractivity contribution in [2.45, 2.75) is 65.7 Å². The van der Waals surface area contributed by atoms with Crippen LogP contribution in [0.4, 0.5) is 0 Å². The van der Waals surface area contributed by atoms with E-state index < -0.39 is 0 Å². The molecule has 0 N–H and O–H groups in total. The monoisotopic (exact) mass is 363 g/mol. The van der Waals surface area contributed by atoms with Crippen molar-refractivity contribution in [1.29, 1.82) is 0 Å². The molecule has 3 fully saturated rings. The number of carbonyl (C=O) groups excluding carboxylic acids is 1. The van der Waals surface area contributed by atoms with E-state index in [9.17, 15) is 4.79 Å². The van der Waals surface area contributed by atoms with E-state index in [-0.39, 0.29) is 5.92 Å². The molecule has 0 aromatic carbocycles. The van der Waals surface area contributed by atoms with Crippen molar-refractivity contribution < 1.29 is 4.79 Å². The van der Waals surface area contributed by atoms with Gasteiger partial charge in [0.1, 0.15) is 5.78 Å². The summed E-state index contributed by atoms with van der Waals surface area (Å²) < 4.78 is 0. The van der Waals surface area contributed by atoms with Crippen molar-refractivity contribution >= 4 is 11.4 Å². The van der Waals surface area contributed by atoms with Crippen LogP contribution in [0.2, 0.25) is 0 Å². The van der Waals surface area contributed by atoms with Crippen molar-refractivity contribution in [2.75, 3.05) is 0 Å². The summed E-state index contributed by atoms with van der Waals surface area (Å²) in [5.74, 6) is 3.85. The first-order chi connectivity index (χ1) is 12.9. The molecule has 2 heteroatoms. The lowest BCUT2D eigenvalue weighted by Gasteiger charge is -2.61. The first kappa shape index (κ1) is 17.6. The number of aromatic nitrogens is 1. The number of nitrogens with zero attached hydrogens (tertiary/aromatic N) is 1. The minimum Gasteiger partial charge on any atom is -0.299 e. The minimum atomic E-state index is 0.283. The highest BCUT2D eigenvalue weighted by Crippen LogP contribution is 2.67. The van der Waals surface area contributed by atoms with Gasteiger partial charge >= 0.3 is 0 Å². The maximum atomic E-state index is 12.4. The van der Waals surface area contributed by atoms with Crippen molar-refractivity contribution in [3.8, 4) is 0 Å². The van der Waals surface area contributed by atoms with Gasteiger partial charge in [0, 0.05) is 24.7 Å². The molecular weight excluding hydrogens is 330 g/mol. The number of pyridine rings is 1. The lowest BCUT2D eigenvalue weighted by Crippen LogP contribution is -2.55. The second-order valence-electron chi connectivity index (χ2n) is 10.4. The van der Waals surface area contributed by atoms with Gasteiger partial charge in [0.2, 0.25) is 0 Å². The number of allylic oxidation sites excluding steroid dienone is 2. The summed E-state index contributed by atoms with van der Waals surface area (Å²) in [5, 5.41) is 0. The fraction of sp³-hybridized carbons (Fsp3) is 0.680. The van der Waals surface area contributed by atoms with Crippen molar-refractivity contribution in [2.24, 2.45) is 40.4 Å². The Morgan fingerprint density at radius 1 is 1.07 bits per heavy atom. The van der Waals surface area contributed by atoms with E-state index in [2.05, 4.69) is 50.2 Å². The summed E-state index contributed by atoms with van der Waals surface area (Å²) in [6, 6.07) is 4.32. The number of ketones is 1. The highest BCUT2D eigenvalue weighted by molar-refractivity contribution is 5.82. The van der Waals surface area contributed by atoms with Gasteiger partial charge in [-0.1, -0.05) is 32.9 Å². The summed E-state index contributed by atoms with van der Waals surface area (Å²) in [5.41, 5.74) is 3.58. The maximum absolute atomic E-state index is 12.4. The lowest BCUT2D eigenvalue weighted by atomic mass is 9.43. The molecule has 1 heterocycles. The molecule has 27 heavy (non-hydrogen) atoms. The van der Waals surface area contributed by atoms with Crippen LogP contribution in [0.1, 0.15) is 71.3 Å². The largest absolute Gasteiger partial charge is 0.299 e. The number of Topliss-reactive ketones (excluding diaryl/α,β-unsaturated/α-hetero) is 1. The number of fused-ring (bicyclic) bond motifs is 5. The van der Waals surface area contributed by atoms with E-state index in [0.717, 1.165) is 30.6 Å². The van der Waals surface area contributed by atoms with Crippen LogP contribution in [0.15, 0.2) is 30.6 Å². The zero-order valence-electron chi connectivity index (χ0n) is 17.1. The minimum absolute atomic E-state index is 0.283. The van der Waals surface area contributed by atoms with Crippen LogP contribution in [0.25, 0.3) is 5.57 Å². The van der Waals surface area contributed by atoms with Crippen LogP contribution < -0.4 is 0 Å². The molecule has 144 valence electrons. The standard InChI is InChI=1S/C25H33NO/c1-16-19-7-6-18-21-9-8-20(17-5-4-14-26-15-17)25(21,3)12-10-22(18)24(19,2)13-11-23(16)27/h4-5,8,14-16,18-19,21-22H,6-7,9-13H2,1-3H3. The quantitative estimate of drug-likeness (QED) is 0.619. The molecule has 7 atom stereocenters. The van der Waals surface area contributed by atoms with E-state index in [0.29, 0.717) is 22.5 Å². The average molecular weight is 364 g/mol. The predicted molar refractivity (Wildman–Crippen MR) is 109 cm³/mol. The molecule has 4 aliphatic rings. The van der Waals surface area contributed by atoms with E-state index >= 15 is 0 Å². The summed E-state index contributed by atoms with van der Waals surface area (Å²) in [6.07, 6.45) is 14.9. The zero-order valence-corrected chi connectivity index (χ0v) is 17.1. The third kappa shape index (κ3) is 2.37. The van der Waals surface area contributed by atoms with E-state index in [1.54, 1.807) is 5.57 Å². The van der Waals surface area contributed by atoms with Crippen LogP contribution in [-0.4, -0.2) is 10.8 Å². The summed E-state index contributed by atoms with van der Waals surface area (Å²) in [6.45, 7) is 7.29. The number of hydrogen-bond donors (Lipinski definition) is 0. The molecule has 0 spiro atoms. The van der Waals surface area contributed by atoms with Gasteiger partial charge in [-0.15, -0.1) is 0 Å². The number of carbonyl (C=O) groups is 1. The van der Waals surface area contributed by atoms with Gasteiger partial charge in [-0.05, 0) is 90.2 Å². The molecule has 0 amide bonds. The van der Waals surface area contributed by atoms with Gasteiger partial charge in [0.05, 0.1) is 0 Å². The third-order valence-electron chi connectivity index (χ3n) is 9.52. The maximum Gasteiger partial charge on any atom is 0.136 e. The second-order valence-corrected chi connectivity index (χ2v) is 10.4. The molecule has 5 rings (SSSR count). The summed E-state index contributed by atoms with van der Waals surface area (Å²) in [4.78, 5) is 16.8. The molecule has 0 radical (unpaired) electrons. The Kier molecular flexibility index (Phi) is 3.94. The molecule has 4 aliphatic carbocycles. The normalized spacial score (nSPS) is 46.3. The average Bonchev–Trinajstić information content (AvgIpc) is 3.03. The Morgan fingerprint density at radius 3 is 2.70 bits per heavy atom. The molecule has 1 aromatic rings. The summed E-state index contributed by atoms with van der Waals surface area (Å²) >= 11 is 0. The Morgan fingerprint density at radius 2 is 1.93 bits per heavy atom. The van der Waals surface area contributed by atoms with Crippen molar-refractivity contribution in [3.63, 3.8) is 0 Å². The molecule has 0 saturated heterocycles. The molecule has 2 nitrogen and oxygen atoms in total. The van der Waals surface area contributed by atoms with Crippen LogP contribution in [-0.2, 0) is 4.79 Å². The van der Waals surface area contributed by atoms with E-state index in [1.807, 2.05) is 6.20 Å². The van der Waals surface area contributed by atoms with Gasteiger partial charge in [-0.2, -0.15) is 0 Å². The topological polar surface area (TPSA) is 30.0 Å². The van der Waals surface area contributed by atoms with Crippen LogP contribution >= 0.6 is 0 Å². The third-order valence-corrected chi connectivity index (χ3v) is 9.52.